The predicted molar refractivity (Wildman–Crippen MR) is 110 cm³/mol. The van der Waals surface area contributed by atoms with Crippen molar-refractivity contribution in [2.24, 2.45) is 0 Å². The van der Waals surface area contributed by atoms with Gasteiger partial charge in [0.15, 0.2) is 0 Å². The fourth-order valence-corrected chi connectivity index (χ4v) is 6.23. The molecule has 1 fully saturated rings. The molecule has 1 saturated heterocycles. The zero-order valence-electron chi connectivity index (χ0n) is 16.1. The lowest BCUT2D eigenvalue weighted by molar-refractivity contribution is -0.118. The molecule has 2 aliphatic rings. The van der Waals surface area contributed by atoms with Crippen LogP contribution in [0.15, 0.2) is 28.5 Å². The second kappa shape index (κ2) is 7.93. The minimum Gasteiger partial charge on any atom is -0.312 e. The number of nitrogens with zero attached hydrogens (tertiary/aromatic N) is 3. The molecule has 0 bridgehead atoms. The molecule has 0 radical (unpaired) electrons. The van der Waals surface area contributed by atoms with E-state index in [4.69, 9.17) is 0 Å². The Morgan fingerprint density at radius 3 is 2.68 bits per heavy atom. The molecule has 0 unspecified atom stereocenters. The fourth-order valence-electron chi connectivity index (χ4n) is 3.91. The number of fused-ring (bicyclic) bond motifs is 1. The van der Waals surface area contributed by atoms with Crippen molar-refractivity contribution in [3.8, 4) is 0 Å². The molecular weight excluding hydrogens is 394 g/mol. The van der Waals surface area contributed by atoms with Crippen LogP contribution in [0.3, 0.4) is 0 Å². The van der Waals surface area contributed by atoms with Gasteiger partial charge in [-0.05, 0) is 55.9 Å². The van der Waals surface area contributed by atoms with Crippen LogP contribution in [0.5, 0.6) is 0 Å². The van der Waals surface area contributed by atoms with E-state index in [1.54, 1.807) is 38.7 Å². The maximum Gasteiger partial charge on any atom is 0.243 e. The average molecular weight is 420 g/mol. The van der Waals surface area contributed by atoms with Gasteiger partial charge in [-0.25, -0.2) is 13.4 Å². The quantitative estimate of drug-likeness (QED) is 0.747. The normalized spacial score (nSPS) is 17.7. The van der Waals surface area contributed by atoms with E-state index in [2.05, 4.69) is 11.9 Å². The van der Waals surface area contributed by atoms with Gasteiger partial charge in [-0.2, -0.15) is 4.31 Å². The van der Waals surface area contributed by atoms with Crippen LogP contribution in [0.1, 0.15) is 42.5 Å². The smallest absolute Gasteiger partial charge is 0.243 e. The summed E-state index contributed by atoms with van der Waals surface area (Å²) < 4.78 is 27.3. The van der Waals surface area contributed by atoms with Crippen molar-refractivity contribution in [2.75, 3.05) is 24.5 Å². The molecule has 0 aliphatic carbocycles. The fraction of sp³-hybridized carbons (Fsp3) is 0.500. The van der Waals surface area contributed by atoms with Crippen LogP contribution in [0, 0.1) is 0 Å². The Hall–Kier alpha value is -1.77. The summed E-state index contributed by atoms with van der Waals surface area (Å²) in [6, 6.07) is 5.21. The molecule has 6 nitrogen and oxygen atoms in total. The second-order valence-electron chi connectivity index (χ2n) is 7.31. The number of carbonyl (C=O) groups excluding carboxylic acids is 1. The maximum absolute atomic E-state index is 12.9. The van der Waals surface area contributed by atoms with E-state index in [0.29, 0.717) is 24.5 Å². The molecular formula is C20H25N3O3S2. The number of aryl methyl sites for hydroxylation is 2. The summed E-state index contributed by atoms with van der Waals surface area (Å²) >= 11 is 1.59. The van der Waals surface area contributed by atoms with Gasteiger partial charge in [0.05, 0.1) is 22.0 Å². The molecule has 8 heteroatoms. The lowest BCUT2D eigenvalue weighted by Crippen LogP contribution is -2.37. The third kappa shape index (κ3) is 3.73. The van der Waals surface area contributed by atoms with Gasteiger partial charge < -0.3 is 4.90 Å². The van der Waals surface area contributed by atoms with Crippen molar-refractivity contribution >= 4 is 33.0 Å². The molecule has 0 spiro atoms. The van der Waals surface area contributed by atoms with Crippen molar-refractivity contribution in [1.82, 2.24) is 9.29 Å². The number of hydrogen-bond acceptors (Lipinski definition) is 5. The third-order valence-corrected chi connectivity index (χ3v) is 8.34. The van der Waals surface area contributed by atoms with E-state index in [-0.39, 0.29) is 12.3 Å². The number of anilines is 1. The molecule has 2 aromatic rings. The Morgan fingerprint density at radius 2 is 1.96 bits per heavy atom. The summed E-state index contributed by atoms with van der Waals surface area (Å²) in [6.45, 7) is 3.91. The minimum atomic E-state index is -3.44. The first-order chi connectivity index (χ1) is 13.5. The molecule has 0 N–H and O–H groups in total. The predicted octanol–water partition coefficient (Wildman–Crippen LogP) is 3.01. The number of hydrogen-bond donors (Lipinski definition) is 0. The first-order valence-electron chi connectivity index (χ1n) is 9.86. The van der Waals surface area contributed by atoms with Crippen molar-refractivity contribution in [3.05, 3.63) is 39.8 Å². The van der Waals surface area contributed by atoms with Crippen molar-refractivity contribution in [3.63, 3.8) is 0 Å². The Bertz CT molecular complexity index is 978. The number of rotatable bonds is 5. The van der Waals surface area contributed by atoms with Gasteiger partial charge in [0, 0.05) is 30.7 Å². The monoisotopic (exact) mass is 419 g/mol. The Kier molecular flexibility index (Phi) is 5.53. The van der Waals surface area contributed by atoms with Gasteiger partial charge in [0.1, 0.15) is 0 Å². The minimum absolute atomic E-state index is 0.0176. The van der Waals surface area contributed by atoms with Crippen LogP contribution in [0.4, 0.5) is 5.69 Å². The van der Waals surface area contributed by atoms with Crippen LogP contribution in [-0.2, 0) is 34.1 Å². The van der Waals surface area contributed by atoms with Crippen LogP contribution in [0.25, 0.3) is 0 Å². The largest absolute Gasteiger partial charge is 0.312 e. The maximum atomic E-state index is 12.9. The SMILES string of the molecule is CCc1nc(CC(=O)N2CCCc3cc(S(=O)(=O)N4CCCC4)ccc32)cs1. The average Bonchev–Trinajstić information content (AvgIpc) is 3.39. The summed E-state index contributed by atoms with van der Waals surface area (Å²) in [5, 5.41) is 2.99. The Labute approximate surface area is 170 Å². The molecule has 150 valence electrons. The van der Waals surface area contributed by atoms with Crippen LogP contribution < -0.4 is 4.90 Å². The van der Waals surface area contributed by atoms with Crippen LogP contribution in [-0.4, -0.2) is 43.2 Å². The van der Waals surface area contributed by atoms with Crippen LogP contribution >= 0.6 is 11.3 Å². The van der Waals surface area contributed by atoms with E-state index in [1.807, 2.05) is 5.38 Å². The lowest BCUT2D eigenvalue weighted by atomic mass is 10.0. The number of benzene rings is 1. The molecule has 1 aromatic heterocycles. The summed E-state index contributed by atoms with van der Waals surface area (Å²) in [4.78, 5) is 19.5. The molecule has 1 aromatic carbocycles. The topological polar surface area (TPSA) is 70.6 Å². The Balaban J connectivity index is 1.57. The lowest BCUT2D eigenvalue weighted by Gasteiger charge is -2.30. The van der Waals surface area contributed by atoms with E-state index in [0.717, 1.165) is 54.1 Å². The van der Waals surface area contributed by atoms with Crippen molar-refractivity contribution < 1.29 is 13.2 Å². The summed E-state index contributed by atoms with van der Waals surface area (Å²) in [6.07, 6.45) is 4.62. The van der Waals surface area contributed by atoms with Crippen molar-refractivity contribution in [2.45, 2.75) is 50.3 Å². The highest BCUT2D eigenvalue weighted by Crippen LogP contribution is 2.31. The number of aromatic nitrogens is 1. The Morgan fingerprint density at radius 1 is 1.18 bits per heavy atom. The first-order valence-corrected chi connectivity index (χ1v) is 12.2. The zero-order valence-corrected chi connectivity index (χ0v) is 17.7. The van der Waals surface area contributed by atoms with Crippen molar-refractivity contribution in [1.29, 1.82) is 0 Å². The first kappa shape index (κ1) is 19.5. The molecule has 2 aliphatic heterocycles. The highest BCUT2D eigenvalue weighted by atomic mass is 32.2. The van der Waals surface area contributed by atoms with Gasteiger partial charge >= 0.3 is 0 Å². The molecule has 4 rings (SSSR count). The molecule has 1 amide bonds. The number of sulfonamides is 1. The molecule has 3 heterocycles. The third-order valence-electron chi connectivity index (χ3n) is 5.41. The molecule has 0 atom stereocenters. The van der Waals surface area contributed by atoms with E-state index < -0.39 is 10.0 Å². The standard InChI is InChI=1S/C20H25N3O3S2/c1-2-19-21-16(14-27-19)13-20(24)23-11-5-6-15-12-17(7-8-18(15)23)28(25,26)22-9-3-4-10-22/h7-8,12,14H,2-6,9-11,13H2,1H3. The summed E-state index contributed by atoms with van der Waals surface area (Å²) in [5.41, 5.74) is 2.59. The van der Waals surface area contributed by atoms with E-state index in [1.165, 1.54) is 0 Å². The van der Waals surface area contributed by atoms with Crippen LogP contribution in [0.2, 0.25) is 0 Å². The van der Waals surface area contributed by atoms with Gasteiger partial charge in [-0.15, -0.1) is 11.3 Å². The summed E-state index contributed by atoms with van der Waals surface area (Å²) in [7, 11) is -3.44. The number of amides is 1. The number of thiazole rings is 1. The summed E-state index contributed by atoms with van der Waals surface area (Å²) in [5.74, 6) is 0.0176. The molecule has 0 saturated carbocycles. The van der Waals surface area contributed by atoms with Gasteiger partial charge in [-0.1, -0.05) is 6.92 Å². The van der Waals surface area contributed by atoms with Gasteiger partial charge in [0.2, 0.25) is 15.9 Å². The zero-order chi connectivity index (χ0) is 19.7. The second-order valence-corrected chi connectivity index (χ2v) is 10.2. The highest BCUT2D eigenvalue weighted by Gasteiger charge is 2.29. The van der Waals surface area contributed by atoms with Gasteiger partial charge in [-0.3, -0.25) is 4.79 Å². The van der Waals surface area contributed by atoms with E-state index in [9.17, 15) is 13.2 Å². The molecule has 28 heavy (non-hydrogen) atoms. The number of carbonyl (C=O) groups is 1. The van der Waals surface area contributed by atoms with E-state index >= 15 is 0 Å². The van der Waals surface area contributed by atoms with Gasteiger partial charge in [0.25, 0.3) is 0 Å². The highest BCUT2D eigenvalue weighted by molar-refractivity contribution is 7.89.